The Morgan fingerprint density at radius 3 is 2.25 bits per heavy atom. The Bertz CT molecular complexity index is 333. The first-order chi connectivity index (χ1) is 7.35. The normalized spacial score (nSPS) is 30.9. The van der Waals surface area contributed by atoms with Crippen LogP contribution < -0.4 is 0 Å². The van der Waals surface area contributed by atoms with E-state index in [4.69, 9.17) is 5.11 Å². The van der Waals surface area contributed by atoms with E-state index in [-0.39, 0.29) is 17.2 Å². The van der Waals surface area contributed by atoms with Gasteiger partial charge in [-0.1, -0.05) is 13.8 Å². The zero-order valence-corrected chi connectivity index (χ0v) is 10.1. The molecule has 2 aliphatic carbocycles. The average molecular weight is 225 g/mol. The molecule has 1 N–H and O–H groups in total. The molecule has 0 aromatic carbocycles. The van der Waals surface area contributed by atoms with Crippen LogP contribution in [0.2, 0.25) is 0 Å². The highest BCUT2D eigenvalue weighted by Gasteiger charge is 2.66. The molecule has 0 aliphatic heterocycles. The number of rotatable bonds is 4. The number of hydrogen-bond acceptors (Lipinski definition) is 2. The van der Waals surface area contributed by atoms with Crippen LogP contribution in [0, 0.1) is 23.2 Å². The molecule has 4 nitrogen and oxygen atoms in total. The second-order valence-electron chi connectivity index (χ2n) is 5.78. The molecule has 90 valence electrons. The molecule has 0 heterocycles. The lowest BCUT2D eigenvalue weighted by Crippen LogP contribution is -2.31. The minimum Gasteiger partial charge on any atom is -0.481 e. The number of carboxylic acids is 1. The monoisotopic (exact) mass is 225 g/mol. The van der Waals surface area contributed by atoms with Gasteiger partial charge in [0.15, 0.2) is 0 Å². The Morgan fingerprint density at radius 2 is 1.88 bits per heavy atom. The summed E-state index contributed by atoms with van der Waals surface area (Å²) in [6.45, 7) is 4.51. The Morgan fingerprint density at radius 1 is 1.31 bits per heavy atom. The van der Waals surface area contributed by atoms with Gasteiger partial charge in [-0.25, -0.2) is 0 Å². The van der Waals surface area contributed by atoms with Gasteiger partial charge in [0.05, 0.1) is 11.8 Å². The first-order valence-electron chi connectivity index (χ1n) is 5.83. The fourth-order valence-electron chi connectivity index (χ4n) is 2.57. The molecule has 1 amide bonds. The average Bonchev–Trinajstić information content (AvgIpc) is 3.02. The lowest BCUT2D eigenvalue weighted by atomic mass is 10.1. The molecular weight excluding hydrogens is 206 g/mol. The summed E-state index contributed by atoms with van der Waals surface area (Å²) in [6.07, 6.45) is 2.40. The fourth-order valence-corrected chi connectivity index (χ4v) is 2.57. The lowest BCUT2D eigenvalue weighted by Gasteiger charge is -2.17. The lowest BCUT2D eigenvalue weighted by molar-refractivity contribution is -0.141. The number of carboxylic acid groups (broad SMARTS) is 1. The fraction of sp³-hybridized carbons (Fsp3) is 0.833. The van der Waals surface area contributed by atoms with Gasteiger partial charge in [-0.05, 0) is 24.2 Å². The first-order valence-corrected chi connectivity index (χ1v) is 5.83. The van der Waals surface area contributed by atoms with E-state index in [0.717, 1.165) is 6.54 Å². The molecule has 0 unspecified atom stereocenters. The van der Waals surface area contributed by atoms with Crippen molar-refractivity contribution in [1.29, 1.82) is 0 Å². The number of amides is 1. The van der Waals surface area contributed by atoms with Crippen molar-refractivity contribution in [3.63, 3.8) is 0 Å². The summed E-state index contributed by atoms with van der Waals surface area (Å²) >= 11 is 0. The maximum atomic E-state index is 12.1. The number of aliphatic carboxylic acids is 1. The minimum atomic E-state index is -0.844. The van der Waals surface area contributed by atoms with E-state index >= 15 is 0 Å². The van der Waals surface area contributed by atoms with Crippen LogP contribution in [0.1, 0.15) is 26.7 Å². The van der Waals surface area contributed by atoms with Crippen molar-refractivity contribution < 1.29 is 14.7 Å². The largest absolute Gasteiger partial charge is 0.481 e. The van der Waals surface area contributed by atoms with Crippen LogP contribution >= 0.6 is 0 Å². The van der Waals surface area contributed by atoms with Crippen LogP contribution in [-0.2, 0) is 9.59 Å². The molecule has 0 spiro atoms. The summed E-state index contributed by atoms with van der Waals surface area (Å²) in [7, 11) is 1.79. The van der Waals surface area contributed by atoms with E-state index in [1.165, 1.54) is 12.8 Å². The Hall–Kier alpha value is -1.06. The summed E-state index contributed by atoms with van der Waals surface area (Å²) in [6, 6.07) is 0. The van der Waals surface area contributed by atoms with Gasteiger partial charge in [0.25, 0.3) is 0 Å². The molecule has 4 heteroatoms. The van der Waals surface area contributed by atoms with Gasteiger partial charge in [-0.3, -0.25) is 9.59 Å². The molecular formula is C12H19NO3. The van der Waals surface area contributed by atoms with Crippen molar-refractivity contribution >= 4 is 11.9 Å². The molecule has 2 aliphatic rings. The van der Waals surface area contributed by atoms with Gasteiger partial charge < -0.3 is 10.0 Å². The van der Waals surface area contributed by atoms with Gasteiger partial charge in [-0.15, -0.1) is 0 Å². The van der Waals surface area contributed by atoms with E-state index < -0.39 is 11.9 Å². The van der Waals surface area contributed by atoms with E-state index in [2.05, 4.69) is 0 Å². The molecule has 0 aromatic heterocycles. The Kier molecular flexibility index (Phi) is 2.48. The molecule has 16 heavy (non-hydrogen) atoms. The molecule has 0 bridgehead atoms. The molecule has 2 fully saturated rings. The topological polar surface area (TPSA) is 57.6 Å². The van der Waals surface area contributed by atoms with Crippen LogP contribution in [0.3, 0.4) is 0 Å². The van der Waals surface area contributed by atoms with Crippen LogP contribution in [0.15, 0.2) is 0 Å². The number of nitrogens with zero attached hydrogens (tertiary/aromatic N) is 1. The van der Waals surface area contributed by atoms with Crippen molar-refractivity contribution in [2.45, 2.75) is 26.7 Å². The predicted octanol–water partition coefficient (Wildman–Crippen LogP) is 1.21. The number of carbonyl (C=O) groups is 2. The predicted molar refractivity (Wildman–Crippen MR) is 58.8 cm³/mol. The molecule has 2 atom stereocenters. The second-order valence-corrected chi connectivity index (χ2v) is 5.78. The molecule has 2 rings (SSSR count). The van der Waals surface area contributed by atoms with Crippen LogP contribution in [0.5, 0.6) is 0 Å². The van der Waals surface area contributed by atoms with Crippen LogP contribution in [-0.4, -0.2) is 35.5 Å². The highest BCUT2D eigenvalue weighted by molar-refractivity contribution is 5.91. The van der Waals surface area contributed by atoms with E-state index in [1.54, 1.807) is 11.9 Å². The molecule has 0 aromatic rings. The summed E-state index contributed by atoms with van der Waals surface area (Å²) in [5, 5.41) is 9.01. The SMILES string of the molecule is CN(CC1CC1)C(=O)[C@H]1[C@@H](C(=O)O)C1(C)C. The van der Waals surface area contributed by atoms with Gasteiger partial charge >= 0.3 is 5.97 Å². The summed E-state index contributed by atoms with van der Waals surface area (Å²) in [5.74, 6) is -1.01. The Labute approximate surface area is 95.6 Å². The van der Waals surface area contributed by atoms with Crippen molar-refractivity contribution in [1.82, 2.24) is 4.90 Å². The molecule has 2 saturated carbocycles. The van der Waals surface area contributed by atoms with Crippen molar-refractivity contribution in [2.75, 3.05) is 13.6 Å². The number of carbonyl (C=O) groups excluding carboxylic acids is 1. The minimum absolute atomic E-state index is 0.00398. The van der Waals surface area contributed by atoms with Crippen molar-refractivity contribution in [3.8, 4) is 0 Å². The second kappa shape index (κ2) is 3.47. The zero-order valence-electron chi connectivity index (χ0n) is 10.1. The third-order valence-corrected chi connectivity index (χ3v) is 3.96. The standard InChI is InChI=1S/C12H19NO3/c1-12(2)8(9(12)11(15)16)10(14)13(3)6-7-4-5-7/h7-9H,4-6H2,1-3H3,(H,15,16)/t8-,9+/m1/s1. The van der Waals surface area contributed by atoms with Gasteiger partial charge in [0.2, 0.25) is 5.91 Å². The van der Waals surface area contributed by atoms with Gasteiger partial charge in [-0.2, -0.15) is 0 Å². The number of hydrogen-bond donors (Lipinski definition) is 1. The van der Waals surface area contributed by atoms with Gasteiger partial charge in [0, 0.05) is 13.6 Å². The summed E-state index contributed by atoms with van der Waals surface area (Å²) < 4.78 is 0. The Balaban J connectivity index is 1.97. The maximum Gasteiger partial charge on any atom is 0.307 e. The molecule has 0 radical (unpaired) electrons. The van der Waals surface area contributed by atoms with E-state index in [9.17, 15) is 9.59 Å². The van der Waals surface area contributed by atoms with Crippen LogP contribution in [0.25, 0.3) is 0 Å². The smallest absolute Gasteiger partial charge is 0.307 e. The maximum absolute atomic E-state index is 12.1. The van der Waals surface area contributed by atoms with Crippen LogP contribution in [0.4, 0.5) is 0 Å². The zero-order chi connectivity index (χ0) is 12.1. The van der Waals surface area contributed by atoms with E-state index in [1.807, 2.05) is 13.8 Å². The van der Waals surface area contributed by atoms with Gasteiger partial charge in [0.1, 0.15) is 0 Å². The van der Waals surface area contributed by atoms with Crippen molar-refractivity contribution in [3.05, 3.63) is 0 Å². The quantitative estimate of drug-likeness (QED) is 0.782. The van der Waals surface area contributed by atoms with E-state index in [0.29, 0.717) is 5.92 Å². The van der Waals surface area contributed by atoms with Crippen molar-refractivity contribution in [2.24, 2.45) is 23.2 Å². The first kappa shape index (κ1) is 11.4. The highest BCUT2D eigenvalue weighted by atomic mass is 16.4. The summed E-state index contributed by atoms with van der Waals surface area (Å²) in [5.41, 5.74) is -0.374. The summed E-state index contributed by atoms with van der Waals surface area (Å²) in [4.78, 5) is 24.8. The third-order valence-electron chi connectivity index (χ3n) is 3.96. The molecule has 0 saturated heterocycles. The highest BCUT2D eigenvalue weighted by Crippen LogP contribution is 2.59. The third kappa shape index (κ3) is 1.81.